The molecule has 8 heteroatoms. The van der Waals surface area contributed by atoms with Gasteiger partial charge < -0.3 is 14.8 Å². The molecule has 1 N–H and O–H groups in total. The summed E-state index contributed by atoms with van der Waals surface area (Å²) in [6, 6.07) is 4.65. The van der Waals surface area contributed by atoms with Crippen molar-refractivity contribution in [3.8, 4) is 5.75 Å². The molecule has 1 saturated heterocycles. The molecule has 1 amide bonds. The highest BCUT2D eigenvalue weighted by atomic mass is 32.2. The van der Waals surface area contributed by atoms with E-state index < -0.39 is 10.0 Å². The maximum Gasteiger partial charge on any atom is 0.258 e. The Kier molecular flexibility index (Phi) is 7.43. The quantitative estimate of drug-likeness (QED) is 0.737. The second-order valence-corrected chi connectivity index (χ2v) is 8.54. The molecule has 1 aliphatic rings. The number of ether oxygens (including phenoxy) is 2. The summed E-state index contributed by atoms with van der Waals surface area (Å²) in [7, 11) is -1.90. The van der Waals surface area contributed by atoms with Gasteiger partial charge in [-0.15, -0.1) is 0 Å². The van der Waals surface area contributed by atoms with Crippen molar-refractivity contribution in [3.63, 3.8) is 0 Å². The van der Waals surface area contributed by atoms with Crippen LogP contribution in [0.4, 0.5) is 0 Å². The highest BCUT2D eigenvalue weighted by Gasteiger charge is 2.26. The van der Waals surface area contributed by atoms with E-state index >= 15 is 0 Å². The van der Waals surface area contributed by atoms with Gasteiger partial charge in [-0.2, -0.15) is 4.31 Å². The van der Waals surface area contributed by atoms with Gasteiger partial charge in [0.1, 0.15) is 5.75 Å². The van der Waals surface area contributed by atoms with E-state index in [-0.39, 0.29) is 23.5 Å². The molecule has 0 unspecified atom stereocenters. The molecule has 0 radical (unpaired) electrons. The molecule has 7 nitrogen and oxygen atoms in total. The third kappa shape index (κ3) is 5.43. The summed E-state index contributed by atoms with van der Waals surface area (Å²) in [6.07, 6.45) is 2.87. The van der Waals surface area contributed by atoms with Crippen molar-refractivity contribution < 1.29 is 22.7 Å². The Morgan fingerprint density at radius 2 is 1.96 bits per heavy atom. The molecule has 1 heterocycles. The van der Waals surface area contributed by atoms with Crippen LogP contribution in [0.15, 0.2) is 23.1 Å². The zero-order chi connectivity index (χ0) is 19.2. The SMILES string of the molecule is COC[C@@H](C)NC(=O)COc1ccc(S(=O)(=O)N2CCCCC2)cc1C. The molecule has 1 aliphatic heterocycles. The zero-order valence-electron chi connectivity index (χ0n) is 15.7. The molecule has 1 fully saturated rings. The lowest BCUT2D eigenvalue weighted by Gasteiger charge is -2.26. The molecule has 0 aromatic heterocycles. The third-order valence-corrected chi connectivity index (χ3v) is 6.18. The number of hydrogen-bond acceptors (Lipinski definition) is 5. The van der Waals surface area contributed by atoms with E-state index in [1.54, 1.807) is 26.2 Å². The number of benzene rings is 1. The number of rotatable bonds is 8. The molecule has 1 atom stereocenters. The van der Waals surface area contributed by atoms with Gasteiger partial charge in [-0.3, -0.25) is 4.79 Å². The smallest absolute Gasteiger partial charge is 0.258 e. The summed E-state index contributed by atoms with van der Waals surface area (Å²) in [4.78, 5) is 12.1. The van der Waals surface area contributed by atoms with E-state index in [9.17, 15) is 13.2 Å². The van der Waals surface area contributed by atoms with Crippen LogP contribution in [0.3, 0.4) is 0 Å². The Morgan fingerprint density at radius 3 is 2.58 bits per heavy atom. The number of amides is 1. The first kappa shape index (κ1) is 20.7. The Hall–Kier alpha value is -1.64. The van der Waals surface area contributed by atoms with Crippen LogP contribution in [0.1, 0.15) is 31.7 Å². The van der Waals surface area contributed by atoms with Crippen LogP contribution < -0.4 is 10.1 Å². The van der Waals surface area contributed by atoms with E-state index in [4.69, 9.17) is 9.47 Å². The molecule has 1 aromatic carbocycles. The molecule has 26 heavy (non-hydrogen) atoms. The van der Waals surface area contributed by atoms with Crippen molar-refractivity contribution in [2.75, 3.05) is 33.4 Å². The van der Waals surface area contributed by atoms with Crippen LogP contribution in [-0.2, 0) is 19.6 Å². The fourth-order valence-corrected chi connectivity index (χ4v) is 4.55. The van der Waals surface area contributed by atoms with E-state index in [0.29, 0.717) is 31.0 Å². The Labute approximate surface area is 155 Å². The Morgan fingerprint density at radius 1 is 1.27 bits per heavy atom. The fraction of sp³-hybridized carbons (Fsp3) is 0.611. The van der Waals surface area contributed by atoms with Crippen molar-refractivity contribution in [3.05, 3.63) is 23.8 Å². The summed E-state index contributed by atoms with van der Waals surface area (Å²) < 4.78 is 37.5. The lowest BCUT2D eigenvalue weighted by atomic mass is 10.2. The van der Waals surface area contributed by atoms with Gasteiger partial charge in [0.05, 0.1) is 11.5 Å². The van der Waals surface area contributed by atoms with Crippen LogP contribution in [0, 0.1) is 6.92 Å². The van der Waals surface area contributed by atoms with Crippen LogP contribution in [0.2, 0.25) is 0 Å². The number of hydrogen-bond donors (Lipinski definition) is 1. The number of sulfonamides is 1. The van der Waals surface area contributed by atoms with Crippen molar-refractivity contribution in [2.45, 2.75) is 44.0 Å². The molecule has 146 valence electrons. The number of aryl methyl sites for hydroxylation is 1. The first-order valence-electron chi connectivity index (χ1n) is 8.86. The van der Waals surface area contributed by atoms with Crippen LogP contribution >= 0.6 is 0 Å². The minimum Gasteiger partial charge on any atom is -0.484 e. The second kappa shape index (κ2) is 9.34. The predicted molar refractivity (Wildman–Crippen MR) is 98.8 cm³/mol. The van der Waals surface area contributed by atoms with Crippen LogP contribution in [0.5, 0.6) is 5.75 Å². The van der Waals surface area contributed by atoms with E-state index in [1.165, 1.54) is 10.4 Å². The first-order valence-corrected chi connectivity index (χ1v) is 10.3. The predicted octanol–water partition coefficient (Wildman–Crippen LogP) is 1.70. The monoisotopic (exact) mass is 384 g/mol. The summed E-state index contributed by atoms with van der Waals surface area (Å²) in [5.74, 6) is 0.246. The number of nitrogens with zero attached hydrogens (tertiary/aromatic N) is 1. The van der Waals surface area contributed by atoms with Gasteiger partial charge >= 0.3 is 0 Å². The van der Waals surface area contributed by atoms with E-state index in [0.717, 1.165) is 19.3 Å². The van der Waals surface area contributed by atoms with Crippen LogP contribution in [0.25, 0.3) is 0 Å². The van der Waals surface area contributed by atoms with Crippen LogP contribution in [-0.4, -0.2) is 58.1 Å². The van der Waals surface area contributed by atoms with Gasteiger partial charge in [0.15, 0.2) is 6.61 Å². The largest absolute Gasteiger partial charge is 0.484 e. The highest BCUT2D eigenvalue weighted by molar-refractivity contribution is 7.89. The zero-order valence-corrected chi connectivity index (χ0v) is 16.5. The third-order valence-electron chi connectivity index (χ3n) is 4.28. The number of carbonyl (C=O) groups excluding carboxylic acids is 1. The second-order valence-electron chi connectivity index (χ2n) is 6.60. The minimum absolute atomic E-state index is 0.103. The molecule has 0 saturated carbocycles. The number of piperidine rings is 1. The van der Waals surface area contributed by atoms with Crippen molar-refractivity contribution in [1.82, 2.24) is 9.62 Å². The van der Waals surface area contributed by atoms with Gasteiger partial charge in [0, 0.05) is 26.2 Å². The lowest BCUT2D eigenvalue weighted by molar-refractivity contribution is -0.124. The maximum absolute atomic E-state index is 12.7. The summed E-state index contributed by atoms with van der Waals surface area (Å²) in [6.45, 7) is 5.04. The average molecular weight is 384 g/mol. The Balaban J connectivity index is 1.99. The normalized spacial score (nSPS) is 16.9. The fourth-order valence-electron chi connectivity index (χ4n) is 2.95. The van der Waals surface area contributed by atoms with E-state index in [2.05, 4.69) is 5.32 Å². The maximum atomic E-state index is 12.7. The number of carbonyl (C=O) groups is 1. The summed E-state index contributed by atoms with van der Waals surface area (Å²) in [5.41, 5.74) is 0.681. The first-order chi connectivity index (χ1) is 12.3. The highest BCUT2D eigenvalue weighted by Crippen LogP contribution is 2.25. The van der Waals surface area contributed by atoms with E-state index in [1.807, 2.05) is 6.92 Å². The van der Waals surface area contributed by atoms with Gasteiger partial charge in [-0.05, 0) is 50.5 Å². The molecular formula is C18H28N2O5S. The lowest BCUT2D eigenvalue weighted by Crippen LogP contribution is -2.38. The number of methoxy groups -OCH3 is 1. The topological polar surface area (TPSA) is 84.9 Å². The van der Waals surface area contributed by atoms with Crippen molar-refractivity contribution >= 4 is 15.9 Å². The molecular weight excluding hydrogens is 356 g/mol. The van der Waals surface area contributed by atoms with Gasteiger partial charge in [-0.1, -0.05) is 6.42 Å². The van der Waals surface area contributed by atoms with Gasteiger partial charge in [0.2, 0.25) is 10.0 Å². The molecule has 0 spiro atoms. The average Bonchev–Trinajstić information content (AvgIpc) is 2.61. The van der Waals surface area contributed by atoms with Crippen molar-refractivity contribution in [2.24, 2.45) is 0 Å². The molecule has 0 aliphatic carbocycles. The van der Waals surface area contributed by atoms with Gasteiger partial charge in [0.25, 0.3) is 5.91 Å². The van der Waals surface area contributed by atoms with Gasteiger partial charge in [-0.25, -0.2) is 8.42 Å². The number of nitrogens with one attached hydrogen (secondary N) is 1. The minimum atomic E-state index is -3.47. The van der Waals surface area contributed by atoms with Crippen molar-refractivity contribution in [1.29, 1.82) is 0 Å². The Bertz CT molecular complexity index is 714. The summed E-state index contributed by atoms with van der Waals surface area (Å²) in [5, 5.41) is 2.76. The molecule has 2 rings (SSSR count). The standard InChI is InChI=1S/C18H28N2O5S/c1-14-11-16(26(22,23)20-9-5-4-6-10-20)7-8-17(14)25-13-18(21)19-15(2)12-24-3/h7-8,11,15H,4-6,9-10,12-13H2,1-3H3,(H,19,21)/t15-/m1/s1. The molecule has 1 aromatic rings. The molecule has 0 bridgehead atoms. The summed E-state index contributed by atoms with van der Waals surface area (Å²) >= 11 is 0.